The topological polar surface area (TPSA) is 480 Å². The van der Waals surface area contributed by atoms with E-state index in [0.29, 0.717) is 38.5 Å². The Bertz CT molecular complexity index is 2740. The molecule has 3 aliphatic heterocycles. The van der Waals surface area contributed by atoms with Gasteiger partial charge in [0.2, 0.25) is 0 Å². The zero-order chi connectivity index (χ0) is 73.8. The van der Waals surface area contributed by atoms with E-state index in [-0.39, 0.29) is 61.8 Å². The normalized spacial score (nSPS) is 35.3. The highest BCUT2D eigenvalue weighted by Crippen LogP contribution is 2.39. The average Bonchev–Trinajstić information content (AvgIpc) is 1.74. The fraction of sp³-hybridized carbons (Fsp3) is 0.903. The number of nitrogens with one attached hydrogen (secondary N) is 7. The lowest BCUT2D eigenvalue weighted by Crippen LogP contribution is -2.70. The SMILES string of the molecule is NC[C@@H]1O[C@H](O[C@H]2[C@@H](OC(=O)NC3CCCCC3)[C@H](O[C@@H]3[C@@H](OC(=O)NC4CCCCC4)[C@H](N)C[C@H](N)[C@H]3O[C@H]3O[C@H](CN)[C@@H](OC(=O)NC4CCCCC4)[C@H](OC(=O)NC4CCCCC4)[C@H]3N)O[C@@H]2COC(=O)NC2CCCCC2)[C@H](N)[C@@H](OC(=O)NC2CCCCC2)[C@@H]1OC(=O)NC1CCCCC1. The molecule has 0 aromatic carbocycles. The van der Waals surface area contributed by atoms with E-state index >= 15 is 0 Å². The maximum atomic E-state index is 14.8. The molecule has 7 amide bonds. The summed E-state index contributed by atoms with van der Waals surface area (Å²) in [6, 6.07) is -6.56. The summed E-state index contributed by atoms with van der Waals surface area (Å²) in [5, 5.41) is 20.9. The molecule has 0 bridgehead atoms. The van der Waals surface area contributed by atoms with E-state index in [1.807, 2.05) is 0 Å². The lowest BCUT2D eigenvalue weighted by atomic mass is 9.84. The van der Waals surface area contributed by atoms with Crippen molar-refractivity contribution in [1.29, 1.82) is 0 Å². The predicted molar refractivity (Wildman–Crippen MR) is 378 cm³/mol. The van der Waals surface area contributed by atoms with Crippen molar-refractivity contribution in [2.45, 2.75) is 390 Å². The van der Waals surface area contributed by atoms with Crippen molar-refractivity contribution in [3.05, 3.63) is 0 Å². The van der Waals surface area contributed by atoms with Crippen molar-refractivity contribution in [2.75, 3.05) is 19.7 Å². The third-order valence-corrected chi connectivity index (χ3v) is 23.4. The van der Waals surface area contributed by atoms with Crippen LogP contribution in [0.25, 0.3) is 0 Å². The first-order valence-corrected chi connectivity index (χ1v) is 40.1. The number of hydrogen-bond acceptors (Lipinski definition) is 26. The molecule has 0 radical (unpaired) electrons. The molecule has 3 heterocycles. The third-order valence-electron chi connectivity index (χ3n) is 23.4. The minimum Gasteiger partial charge on any atom is -0.447 e. The van der Waals surface area contributed by atoms with E-state index in [1.54, 1.807) is 0 Å². The Morgan fingerprint density at radius 2 is 0.533 bits per heavy atom. The van der Waals surface area contributed by atoms with Gasteiger partial charge in [-0.25, -0.2) is 33.6 Å². The quantitative estimate of drug-likeness (QED) is 0.0556. The number of nitrogens with two attached hydrogens (primary N) is 6. The Labute approximate surface area is 616 Å². The van der Waals surface area contributed by atoms with Gasteiger partial charge in [-0.1, -0.05) is 135 Å². The van der Waals surface area contributed by atoms with Crippen molar-refractivity contribution < 1.29 is 95.1 Å². The summed E-state index contributed by atoms with van der Waals surface area (Å²) in [7, 11) is 0. The van der Waals surface area contributed by atoms with Gasteiger partial charge in [-0.3, -0.25) is 0 Å². The van der Waals surface area contributed by atoms with E-state index in [9.17, 15) is 33.6 Å². The van der Waals surface area contributed by atoms with Gasteiger partial charge in [0.25, 0.3) is 0 Å². The summed E-state index contributed by atoms with van der Waals surface area (Å²) in [4.78, 5) is 99.4. The highest BCUT2D eigenvalue weighted by atomic mass is 16.8. The summed E-state index contributed by atoms with van der Waals surface area (Å²) < 4.78 is 85.1. The number of hydrogen-bond donors (Lipinski definition) is 13. The maximum absolute atomic E-state index is 14.8. The summed E-state index contributed by atoms with van der Waals surface area (Å²) in [6.07, 6.45) is 1.38. The van der Waals surface area contributed by atoms with Crippen LogP contribution in [-0.2, 0) is 61.6 Å². The smallest absolute Gasteiger partial charge is 0.407 e. The molecule has 19 atom stereocenters. The fourth-order valence-corrected chi connectivity index (χ4v) is 17.5. The van der Waals surface area contributed by atoms with Crippen molar-refractivity contribution in [1.82, 2.24) is 37.2 Å². The number of amides is 7. The molecule has 19 N–H and O–H groups in total. The Hall–Kier alpha value is -5.59. The van der Waals surface area contributed by atoms with Crippen LogP contribution in [0.4, 0.5) is 33.6 Å². The molecule has 11 aliphatic rings. The molecule has 3 saturated heterocycles. The lowest BCUT2D eigenvalue weighted by molar-refractivity contribution is -0.305. The second-order valence-corrected chi connectivity index (χ2v) is 31.3. The van der Waals surface area contributed by atoms with Crippen LogP contribution in [-0.4, -0.2) is 221 Å². The van der Waals surface area contributed by atoms with Crippen molar-refractivity contribution >= 4 is 42.7 Å². The third kappa shape index (κ3) is 23.0. The molecular formula is C72H123N13O20. The Morgan fingerprint density at radius 1 is 0.276 bits per heavy atom. The number of ether oxygens (including phenoxy) is 13. The van der Waals surface area contributed by atoms with Crippen LogP contribution < -0.4 is 71.6 Å². The molecule has 33 heteroatoms. The van der Waals surface area contributed by atoms with Gasteiger partial charge >= 0.3 is 42.7 Å². The van der Waals surface area contributed by atoms with E-state index in [1.165, 1.54) is 0 Å². The molecule has 596 valence electrons. The van der Waals surface area contributed by atoms with E-state index < -0.39 is 166 Å². The second kappa shape index (κ2) is 40.2. The van der Waals surface area contributed by atoms with Gasteiger partial charge in [0.1, 0.15) is 49.3 Å². The van der Waals surface area contributed by atoms with Gasteiger partial charge in [-0.05, 0) is 96.3 Å². The van der Waals surface area contributed by atoms with Gasteiger partial charge in [0.15, 0.2) is 49.4 Å². The monoisotopic (exact) mass is 1490 g/mol. The fourth-order valence-electron chi connectivity index (χ4n) is 17.5. The Morgan fingerprint density at radius 3 is 0.857 bits per heavy atom. The van der Waals surface area contributed by atoms with Gasteiger partial charge < -0.3 is 133 Å². The molecule has 8 saturated carbocycles. The van der Waals surface area contributed by atoms with Crippen LogP contribution in [0, 0.1) is 0 Å². The molecule has 11 rings (SSSR count). The van der Waals surface area contributed by atoms with Crippen LogP contribution in [0.2, 0.25) is 0 Å². The van der Waals surface area contributed by atoms with Crippen molar-refractivity contribution in [3.8, 4) is 0 Å². The van der Waals surface area contributed by atoms with Crippen LogP contribution >= 0.6 is 0 Å². The minimum atomic E-state index is -1.81. The zero-order valence-electron chi connectivity index (χ0n) is 61.2. The number of rotatable bonds is 23. The van der Waals surface area contributed by atoms with Crippen LogP contribution in [0.1, 0.15) is 231 Å². The highest BCUT2D eigenvalue weighted by molar-refractivity contribution is 5.71. The van der Waals surface area contributed by atoms with Crippen LogP contribution in [0.5, 0.6) is 0 Å². The van der Waals surface area contributed by atoms with Gasteiger partial charge in [-0.15, -0.1) is 0 Å². The average molecular weight is 1490 g/mol. The van der Waals surface area contributed by atoms with Crippen molar-refractivity contribution in [3.63, 3.8) is 0 Å². The molecule has 0 spiro atoms. The Kier molecular flexibility index (Phi) is 30.8. The summed E-state index contributed by atoms with van der Waals surface area (Å²) in [5.41, 5.74) is 41.8. The first-order chi connectivity index (χ1) is 50.9. The predicted octanol–water partition coefficient (Wildman–Crippen LogP) is 5.57. The number of alkyl carbamates (subject to hydrolysis) is 7. The number of carbonyl (C=O) groups is 7. The first kappa shape index (κ1) is 80.4. The van der Waals surface area contributed by atoms with Gasteiger partial charge in [-0.2, -0.15) is 0 Å². The van der Waals surface area contributed by atoms with Crippen LogP contribution in [0.3, 0.4) is 0 Å². The van der Waals surface area contributed by atoms with Crippen molar-refractivity contribution in [2.24, 2.45) is 34.4 Å². The lowest BCUT2D eigenvalue weighted by Gasteiger charge is -2.48. The van der Waals surface area contributed by atoms with E-state index in [2.05, 4.69) is 37.2 Å². The molecular weight excluding hydrogens is 1370 g/mol. The largest absolute Gasteiger partial charge is 0.447 e. The summed E-state index contributed by atoms with van der Waals surface area (Å²) >= 11 is 0. The van der Waals surface area contributed by atoms with Crippen LogP contribution in [0.15, 0.2) is 0 Å². The zero-order valence-corrected chi connectivity index (χ0v) is 61.2. The number of carbonyl (C=O) groups excluding carboxylic acids is 7. The standard InChI is InChI=1S/C72H123N13O20/c73-37-49-56(101-68(88)81-42-26-12-3-13-27-42)59(103-70(90)83-44-30-16-5-17-31-44)52(77)63(94-49)97-54-47(75)36-48(76)55(100-67(87)80-41-24-10-2-11-25-41)61(54)99-65-62(105-72(92)85-46-34-20-7-21-35-46)58(51(96-65)39-93-66(86)79-40-22-8-1-9-23-40)98-64-53(78)60(104-71(91)84-45-32-18-6-19-33-45)57(50(38-74)95-64)102-69(89)82-43-28-14-4-15-29-43/h40-65H,1-39,73-78H2,(H,79,86)(H,80,87)(H,81,88)(H,82,89)(H,83,90)(H,84,91)(H,85,92)/t47-,48+,49+,50-,51+,52+,53+,54+,55-,56+,57+,58+,59+,60+,61-,62+,63+,64+,65-/m0/s1. The highest BCUT2D eigenvalue weighted by Gasteiger charge is 2.59. The van der Waals surface area contributed by atoms with E-state index in [0.717, 1.165) is 186 Å². The first-order valence-electron chi connectivity index (χ1n) is 40.1. The second-order valence-electron chi connectivity index (χ2n) is 31.3. The molecule has 11 fully saturated rings. The van der Waals surface area contributed by atoms with E-state index in [4.69, 9.17) is 96.0 Å². The molecule has 0 aromatic rings. The molecule has 0 aromatic heterocycles. The minimum absolute atomic E-state index is 0.0629. The molecule has 33 nitrogen and oxygen atoms in total. The van der Waals surface area contributed by atoms with Gasteiger partial charge in [0, 0.05) is 67.5 Å². The molecule has 8 aliphatic carbocycles. The maximum Gasteiger partial charge on any atom is 0.407 e. The Balaban J connectivity index is 0.938. The molecule has 105 heavy (non-hydrogen) atoms. The van der Waals surface area contributed by atoms with Gasteiger partial charge in [0.05, 0.1) is 12.1 Å². The summed E-state index contributed by atoms with van der Waals surface area (Å²) in [5.74, 6) is 0. The molecule has 0 unspecified atom stereocenters. The summed E-state index contributed by atoms with van der Waals surface area (Å²) in [6.45, 7) is -1.19.